The number of methoxy groups -OCH3 is 1. The molecule has 0 N–H and O–H groups in total. The molecule has 0 bridgehead atoms. The van der Waals surface area contributed by atoms with Crippen LogP contribution in [0.25, 0.3) is 11.3 Å². The van der Waals surface area contributed by atoms with E-state index in [9.17, 15) is 0 Å². The molecule has 3 heteroatoms. The molecule has 1 aromatic heterocycles. The summed E-state index contributed by atoms with van der Waals surface area (Å²) in [6.45, 7) is 0. The van der Waals surface area contributed by atoms with Gasteiger partial charge >= 0.3 is 0 Å². The van der Waals surface area contributed by atoms with Gasteiger partial charge in [-0.05, 0) is 0 Å². The average molecular weight is 224 g/mol. The first kappa shape index (κ1) is 11.2. The van der Waals surface area contributed by atoms with Crippen LogP contribution in [0.5, 0.6) is 5.75 Å². The minimum Gasteiger partial charge on any atom is -0.497 e. The minimum absolute atomic E-state index is 0.289. The van der Waals surface area contributed by atoms with Crippen LogP contribution in [0.3, 0.4) is 0 Å². The van der Waals surface area contributed by atoms with Crippen LogP contribution < -0.4 is 4.74 Å². The average Bonchev–Trinajstić information content (AvgIpc) is 2.40. The van der Waals surface area contributed by atoms with Crippen LogP contribution in [-0.2, 0) is 6.42 Å². The van der Waals surface area contributed by atoms with Crippen LogP contribution in [0.15, 0.2) is 42.5 Å². The zero-order valence-corrected chi connectivity index (χ0v) is 9.55. The maximum atomic E-state index is 8.71. The molecular formula is C14H12N2O. The molecule has 1 heterocycles. The lowest BCUT2D eigenvalue weighted by Gasteiger charge is -2.06. The first-order chi connectivity index (χ1) is 8.33. The van der Waals surface area contributed by atoms with Gasteiger partial charge in [0, 0.05) is 17.7 Å². The molecule has 84 valence electrons. The number of hydrogen-bond acceptors (Lipinski definition) is 3. The van der Waals surface area contributed by atoms with Gasteiger partial charge in [0.25, 0.3) is 0 Å². The van der Waals surface area contributed by atoms with Crippen LogP contribution in [0.1, 0.15) is 5.69 Å². The second-order valence-corrected chi connectivity index (χ2v) is 3.58. The van der Waals surface area contributed by atoms with Gasteiger partial charge in [-0.1, -0.05) is 30.3 Å². The number of hydrogen-bond donors (Lipinski definition) is 0. The summed E-state index contributed by atoms with van der Waals surface area (Å²) in [4.78, 5) is 4.44. The van der Waals surface area contributed by atoms with E-state index >= 15 is 0 Å². The maximum absolute atomic E-state index is 8.71. The second-order valence-electron chi connectivity index (χ2n) is 3.58. The van der Waals surface area contributed by atoms with Gasteiger partial charge in [0.15, 0.2) is 0 Å². The molecule has 0 fully saturated rings. The molecule has 0 spiro atoms. The molecule has 17 heavy (non-hydrogen) atoms. The minimum atomic E-state index is 0.289. The van der Waals surface area contributed by atoms with E-state index in [1.165, 1.54) is 0 Å². The van der Waals surface area contributed by atoms with Gasteiger partial charge in [0.2, 0.25) is 0 Å². The Kier molecular flexibility index (Phi) is 3.37. The first-order valence-corrected chi connectivity index (χ1v) is 5.31. The van der Waals surface area contributed by atoms with Crippen molar-refractivity contribution < 1.29 is 4.74 Å². The zero-order valence-electron chi connectivity index (χ0n) is 9.55. The second kappa shape index (κ2) is 5.13. The summed E-state index contributed by atoms with van der Waals surface area (Å²) in [5.74, 6) is 0.726. The fourth-order valence-electron chi connectivity index (χ4n) is 1.61. The summed E-state index contributed by atoms with van der Waals surface area (Å²) in [5, 5.41) is 8.71. The molecule has 0 amide bonds. The standard InChI is InChI=1S/C14H12N2O/c1-17-13-9-12(7-8-15)16-14(10-13)11-5-3-2-4-6-11/h2-6,9-10H,7H2,1H3. The van der Waals surface area contributed by atoms with Gasteiger partial charge in [0.1, 0.15) is 5.75 Å². The van der Waals surface area contributed by atoms with E-state index in [1.807, 2.05) is 36.4 Å². The lowest BCUT2D eigenvalue weighted by Crippen LogP contribution is -1.94. The molecule has 0 atom stereocenters. The summed E-state index contributed by atoms with van der Waals surface area (Å²) in [5.41, 5.74) is 2.58. The predicted octanol–water partition coefficient (Wildman–Crippen LogP) is 2.82. The number of pyridine rings is 1. The van der Waals surface area contributed by atoms with Crippen molar-refractivity contribution in [2.24, 2.45) is 0 Å². The van der Waals surface area contributed by atoms with Gasteiger partial charge in [-0.3, -0.25) is 4.98 Å². The van der Waals surface area contributed by atoms with Gasteiger partial charge in [-0.15, -0.1) is 0 Å². The van der Waals surface area contributed by atoms with Gasteiger partial charge in [0.05, 0.1) is 31.0 Å². The van der Waals surface area contributed by atoms with E-state index in [-0.39, 0.29) is 6.42 Å². The number of aromatic nitrogens is 1. The van der Waals surface area contributed by atoms with Gasteiger partial charge in [-0.2, -0.15) is 5.26 Å². The lowest BCUT2D eigenvalue weighted by molar-refractivity contribution is 0.414. The molecule has 0 aliphatic carbocycles. The Bertz CT molecular complexity index is 544. The van der Waals surface area contributed by atoms with E-state index in [2.05, 4.69) is 11.1 Å². The fraction of sp³-hybridized carbons (Fsp3) is 0.143. The molecule has 0 saturated heterocycles. The first-order valence-electron chi connectivity index (χ1n) is 5.31. The molecule has 0 aliphatic heterocycles. The van der Waals surface area contributed by atoms with Crippen LogP contribution in [0.2, 0.25) is 0 Å². The van der Waals surface area contributed by atoms with Crippen LogP contribution in [0.4, 0.5) is 0 Å². The fourth-order valence-corrected chi connectivity index (χ4v) is 1.61. The summed E-state index contributed by atoms with van der Waals surface area (Å²) in [6, 6.07) is 15.6. The Balaban J connectivity index is 2.47. The van der Waals surface area contributed by atoms with E-state index in [1.54, 1.807) is 13.2 Å². The van der Waals surface area contributed by atoms with E-state index in [0.717, 1.165) is 22.7 Å². The lowest BCUT2D eigenvalue weighted by atomic mass is 10.1. The quantitative estimate of drug-likeness (QED) is 0.805. The van der Waals surface area contributed by atoms with E-state index < -0.39 is 0 Å². The Morgan fingerprint density at radius 1 is 1.24 bits per heavy atom. The Morgan fingerprint density at radius 2 is 2.00 bits per heavy atom. The highest BCUT2D eigenvalue weighted by Gasteiger charge is 2.04. The molecule has 0 radical (unpaired) electrons. The number of rotatable bonds is 3. The van der Waals surface area contributed by atoms with Crippen LogP contribution in [-0.4, -0.2) is 12.1 Å². The normalized spacial score (nSPS) is 9.65. The molecular weight excluding hydrogens is 212 g/mol. The number of nitriles is 1. The highest BCUT2D eigenvalue weighted by Crippen LogP contribution is 2.22. The summed E-state index contributed by atoms with van der Waals surface area (Å²) < 4.78 is 5.21. The van der Waals surface area contributed by atoms with Gasteiger partial charge < -0.3 is 4.74 Å². The van der Waals surface area contributed by atoms with E-state index in [4.69, 9.17) is 10.00 Å². The van der Waals surface area contributed by atoms with Crippen molar-refractivity contribution in [2.75, 3.05) is 7.11 Å². The van der Waals surface area contributed by atoms with Gasteiger partial charge in [-0.25, -0.2) is 0 Å². The van der Waals surface area contributed by atoms with Crippen molar-refractivity contribution in [3.05, 3.63) is 48.2 Å². The molecule has 0 unspecified atom stereocenters. The Morgan fingerprint density at radius 3 is 2.65 bits per heavy atom. The zero-order chi connectivity index (χ0) is 12.1. The monoisotopic (exact) mass is 224 g/mol. The summed E-state index contributed by atoms with van der Waals surface area (Å²) >= 11 is 0. The topological polar surface area (TPSA) is 45.9 Å². The predicted molar refractivity (Wildman–Crippen MR) is 65.5 cm³/mol. The van der Waals surface area contributed by atoms with Crippen molar-refractivity contribution in [2.45, 2.75) is 6.42 Å². The highest BCUT2D eigenvalue weighted by atomic mass is 16.5. The number of benzene rings is 1. The third kappa shape index (κ3) is 2.61. The molecule has 2 rings (SSSR count). The smallest absolute Gasteiger partial charge is 0.122 e. The van der Waals surface area contributed by atoms with Crippen molar-refractivity contribution >= 4 is 0 Å². The molecule has 0 saturated carbocycles. The molecule has 2 aromatic rings. The maximum Gasteiger partial charge on any atom is 0.122 e. The summed E-state index contributed by atoms with van der Waals surface area (Å²) in [6.07, 6.45) is 0.289. The van der Waals surface area contributed by atoms with Crippen molar-refractivity contribution in [1.82, 2.24) is 4.98 Å². The third-order valence-electron chi connectivity index (χ3n) is 2.42. The highest BCUT2D eigenvalue weighted by molar-refractivity contribution is 5.61. The Hall–Kier alpha value is -2.34. The number of ether oxygens (including phenoxy) is 1. The van der Waals surface area contributed by atoms with Crippen molar-refractivity contribution in [3.63, 3.8) is 0 Å². The van der Waals surface area contributed by atoms with Crippen molar-refractivity contribution in [1.29, 1.82) is 5.26 Å². The Labute approximate surface area is 100 Å². The largest absolute Gasteiger partial charge is 0.497 e. The van der Waals surface area contributed by atoms with Crippen LogP contribution >= 0.6 is 0 Å². The van der Waals surface area contributed by atoms with Crippen molar-refractivity contribution in [3.8, 4) is 23.1 Å². The van der Waals surface area contributed by atoms with Crippen LogP contribution in [0, 0.1) is 11.3 Å². The molecule has 1 aromatic carbocycles. The van der Waals surface area contributed by atoms with E-state index in [0.29, 0.717) is 0 Å². The third-order valence-corrected chi connectivity index (χ3v) is 2.42. The summed E-state index contributed by atoms with van der Waals surface area (Å²) in [7, 11) is 1.61. The number of nitrogens with zero attached hydrogens (tertiary/aromatic N) is 2. The molecule has 3 nitrogen and oxygen atoms in total. The SMILES string of the molecule is COc1cc(CC#N)nc(-c2ccccc2)c1. The molecule has 0 aliphatic rings.